The fourth-order valence-electron chi connectivity index (χ4n) is 1.61. The van der Waals surface area contributed by atoms with E-state index in [0.717, 1.165) is 17.8 Å². The number of aromatic amines is 1. The van der Waals surface area contributed by atoms with E-state index in [4.69, 9.17) is 5.11 Å². The minimum absolute atomic E-state index is 0.217. The summed E-state index contributed by atoms with van der Waals surface area (Å²) in [6, 6.07) is 1.77. The average molecular weight is 209 g/mol. The Hall–Kier alpha value is -1.25. The molecule has 0 amide bonds. The molecule has 2 N–H and O–H groups in total. The molecule has 1 unspecified atom stereocenters. The molecule has 0 aliphatic rings. The van der Waals surface area contributed by atoms with Crippen LogP contribution in [0.5, 0.6) is 0 Å². The van der Waals surface area contributed by atoms with Crippen LogP contribution in [0.4, 0.5) is 0 Å². The molecule has 1 heterocycles. The Morgan fingerprint density at radius 2 is 2.07 bits per heavy atom. The molecular formula is C12H19NO2. The Balaban J connectivity index is 3.15. The number of carboxylic acid groups (broad SMARTS) is 1. The van der Waals surface area contributed by atoms with Crippen LogP contribution in [0.3, 0.4) is 0 Å². The monoisotopic (exact) mass is 209 g/mol. The van der Waals surface area contributed by atoms with Crippen molar-refractivity contribution in [3.05, 3.63) is 23.0 Å². The van der Waals surface area contributed by atoms with Gasteiger partial charge in [0.1, 0.15) is 0 Å². The van der Waals surface area contributed by atoms with Gasteiger partial charge in [0.25, 0.3) is 0 Å². The first-order chi connectivity index (χ1) is 6.97. The van der Waals surface area contributed by atoms with Gasteiger partial charge in [-0.2, -0.15) is 0 Å². The summed E-state index contributed by atoms with van der Waals surface area (Å²) in [6.45, 7) is 8.19. The van der Waals surface area contributed by atoms with Gasteiger partial charge in [-0.1, -0.05) is 27.7 Å². The predicted octanol–water partition coefficient (Wildman–Crippen LogP) is 3.35. The van der Waals surface area contributed by atoms with E-state index in [9.17, 15) is 4.79 Å². The Morgan fingerprint density at radius 3 is 2.40 bits per heavy atom. The van der Waals surface area contributed by atoms with Crippen LogP contribution in [0.2, 0.25) is 0 Å². The minimum Gasteiger partial charge on any atom is -0.478 e. The van der Waals surface area contributed by atoms with Gasteiger partial charge in [-0.05, 0) is 24.3 Å². The van der Waals surface area contributed by atoms with E-state index >= 15 is 0 Å². The van der Waals surface area contributed by atoms with Crippen molar-refractivity contribution in [3.63, 3.8) is 0 Å². The molecule has 0 aliphatic carbocycles. The lowest BCUT2D eigenvalue weighted by atomic mass is 10.0. The number of rotatable bonds is 4. The lowest BCUT2D eigenvalue weighted by Gasteiger charge is -2.06. The van der Waals surface area contributed by atoms with Gasteiger partial charge in [0.2, 0.25) is 0 Å². The van der Waals surface area contributed by atoms with Gasteiger partial charge in [-0.3, -0.25) is 0 Å². The molecule has 1 aromatic rings. The molecule has 0 bridgehead atoms. The second-order valence-corrected chi connectivity index (χ2v) is 4.32. The summed E-state index contributed by atoms with van der Waals surface area (Å²) in [5.41, 5.74) is 2.27. The Labute approximate surface area is 90.5 Å². The molecule has 0 aliphatic heterocycles. The summed E-state index contributed by atoms with van der Waals surface area (Å²) < 4.78 is 0. The van der Waals surface area contributed by atoms with Crippen LogP contribution in [-0.4, -0.2) is 16.1 Å². The van der Waals surface area contributed by atoms with E-state index in [-0.39, 0.29) is 5.92 Å². The topological polar surface area (TPSA) is 53.1 Å². The van der Waals surface area contributed by atoms with Gasteiger partial charge >= 0.3 is 5.97 Å². The van der Waals surface area contributed by atoms with Crippen molar-refractivity contribution in [2.45, 2.75) is 46.0 Å². The Morgan fingerprint density at radius 1 is 1.47 bits per heavy atom. The molecule has 0 fully saturated rings. The second kappa shape index (κ2) is 4.51. The number of aromatic nitrogens is 1. The molecule has 0 saturated carbocycles. The van der Waals surface area contributed by atoms with E-state index in [0.29, 0.717) is 11.5 Å². The molecule has 0 saturated heterocycles. The van der Waals surface area contributed by atoms with Gasteiger partial charge in [0.05, 0.1) is 5.56 Å². The van der Waals surface area contributed by atoms with Crippen molar-refractivity contribution in [2.24, 2.45) is 0 Å². The van der Waals surface area contributed by atoms with Crippen LogP contribution in [0, 0.1) is 0 Å². The quantitative estimate of drug-likeness (QED) is 0.799. The molecule has 3 heteroatoms. The van der Waals surface area contributed by atoms with Crippen LogP contribution in [0.1, 0.15) is 67.7 Å². The number of H-pyrrole nitrogens is 1. The number of carbonyl (C=O) groups is 1. The highest BCUT2D eigenvalue weighted by atomic mass is 16.4. The van der Waals surface area contributed by atoms with Crippen LogP contribution in [0.15, 0.2) is 6.07 Å². The number of carboxylic acids is 1. The van der Waals surface area contributed by atoms with E-state index in [1.165, 1.54) is 0 Å². The highest BCUT2D eigenvalue weighted by Crippen LogP contribution is 2.25. The maximum Gasteiger partial charge on any atom is 0.337 e. The van der Waals surface area contributed by atoms with Gasteiger partial charge in [-0.15, -0.1) is 0 Å². The summed E-state index contributed by atoms with van der Waals surface area (Å²) >= 11 is 0. The number of nitrogens with one attached hydrogen (secondary N) is 1. The highest BCUT2D eigenvalue weighted by molar-refractivity contribution is 5.89. The number of hydrogen-bond acceptors (Lipinski definition) is 1. The normalized spacial score (nSPS) is 13.1. The van der Waals surface area contributed by atoms with Crippen molar-refractivity contribution in [1.29, 1.82) is 0 Å². The molecule has 0 aromatic carbocycles. The second-order valence-electron chi connectivity index (χ2n) is 4.32. The van der Waals surface area contributed by atoms with Crippen LogP contribution in [0.25, 0.3) is 0 Å². The first-order valence-electron chi connectivity index (χ1n) is 5.43. The molecule has 0 spiro atoms. The standard InChI is InChI=1S/C12H19NO2/c1-5-8(4)10-6-9(12(14)15)11(13-10)7(2)3/h6-8,13H,5H2,1-4H3,(H,14,15). The van der Waals surface area contributed by atoms with Crippen molar-refractivity contribution in [3.8, 4) is 0 Å². The fraction of sp³-hybridized carbons (Fsp3) is 0.583. The lowest BCUT2D eigenvalue weighted by Crippen LogP contribution is -2.01. The molecule has 15 heavy (non-hydrogen) atoms. The van der Waals surface area contributed by atoms with Crippen molar-refractivity contribution >= 4 is 5.97 Å². The third-order valence-electron chi connectivity index (χ3n) is 2.82. The zero-order valence-electron chi connectivity index (χ0n) is 9.79. The van der Waals surface area contributed by atoms with Gasteiger partial charge in [-0.25, -0.2) is 4.79 Å². The molecule has 0 radical (unpaired) electrons. The predicted molar refractivity (Wildman–Crippen MR) is 60.5 cm³/mol. The van der Waals surface area contributed by atoms with Crippen molar-refractivity contribution < 1.29 is 9.90 Å². The van der Waals surface area contributed by atoms with Gasteiger partial charge in [0, 0.05) is 11.4 Å². The van der Waals surface area contributed by atoms with E-state index in [1.54, 1.807) is 6.07 Å². The van der Waals surface area contributed by atoms with Crippen LogP contribution >= 0.6 is 0 Å². The maximum atomic E-state index is 11.0. The minimum atomic E-state index is -0.843. The maximum absolute atomic E-state index is 11.0. The van der Waals surface area contributed by atoms with E-state index in [2.05, 4.69) is 18.8 Å². The first-order valence-corrected chi connectivity index (χ1v) is 5.43. The zero-order valence-corrected chi connectivity index (χ0v) is 9.79. The Bertz CT molecular complexity index is 353. The van der Waals surface area contributed by atoms with E-state index in [1.807, 2.05) is 13.8 Å². The Kier molecular flexibility index (Phi) is 3.56. The molecule has 84 valence electrons. The molecular weight excluding hydrogens is 190 g/mol. The van der Waals surface area contributed by atoms with E-state index < -0.39 is 5.97 Å². The molecule has 1 rings (SSSR count). The highest BCUT2D eigenvalue weighted by Gasteiger charge is 2.18. The molecule has 1 aromatic heterocycles. The molecule has 1 atom stereocenters. The summed E-state index contributed by atoms with van der Waals surface area (Å²) in [4.78, 5) is 14.3. The van der Waals surface area contributed by atoms with Crippen molar-refractivity contribution in [1.82, 2.24) is 4.98 Å². The van der Waals surface area contributed by atoms with Gasteiger partial charge in [0.15, 0.2) is 0 Å². The first kappa shape index (κ1) is 11.8. The largest absolute Gasteiger partial charge is 0.478 e. The summed E-state index contributed by atoms with van der Waals surface area (Å²) in [7, 11) is 0. The molecule has 3 nitrogen and oxygen atoms in total. The third kappa shape index (κ3) is 2.41. The summed E-state index contributed by atoms with van der Waals surface area (Å²) in [6.07, 6.45) is 1.01. The third-order valence-corrected chi connectivity index (χ3v) is 2.82. The number of hydrogen-bond donors (Lipinski definition) is 2. The smallest absolute Gasteiger partial charge is 0.337 e. The zero-order chi connectivity index (χ0) is 11.6. The average Bonchev–Trinajstić information content (AvgIpc) is 2.61. The van der Waals surface area contributed by atoms with Crippen LogP contribution in [-0.2, 0) is 0 Å². The van der Waals surface area contributed by atoms with Crippen LogP contribution < -0.4 is 0 Å². The van der Waals surface area contributed by atoms with Gasteiger partial charge < -0.3 is 10.1 Å². The SMILES string of the molecule is CCC(C)c1cc(C(=O)O)c(C(C)C)[nH]1. The number of aromatic carboxylic acids is 1. The summed E-state index contributed by atoms with van der Waals surface area (Å²) in [5, 5.41) is 9.06. The van der Waals surface area contributed by atoms with Crippen molar-refractivity contribution in [2.75, 3.05) is 0 Å². The lowest BCUT2D eigenvalue weighted by molar-refractivity contribution is 0.0695. The fourth-order valence-corrected chi connectivity index (χ4v) is 1.61. The summed E-state index contributed by atoms with van der Waals surface area (Å²) in [5.74, 6) is -0.242.